The quantitative estimate of drug-likeness (QED) is 0.0698. The Hall–Kier alpha value is -6.94. The zero-order chi connectivity index (χ0) is 43.4. The maximum Gasteiger partial charge on any atom is 0.261 e. The van der Waals surface area contributed by atoms with Crippen LogP contribution in [0.4, 0.5) is 28.9 Å². The third-order valence-corrected chi connectivity index (χ3v) is 11.4. The number of benzene rings is 3. The van der Waals surface area contributed by atoms with Crippen LogP contribution in [0.3, 0.4) is 0 Å². The van der Waals surface area contributed by atoms with Crippen molar-refractivity contribution < 1.29 is 53.5 Å². The number of rotatable bonds is 14. The fourth-order valence-electron chi connectivity index (χ4n) is 5.87. The first-order valence-electron chi connectivity index (χ1n) is 17.6. The number of ether oxygens (including phenoxy) is 2. The van der Waals surface area contributed by atoms with Crippen LogP contribution in [0, 0.1) is 23.3 Å². The summed E-state index contributed by atoms with van der Waals surface area (Å²) in [5.41, 5.74) is -2.65. The highest BCUT2D eigenvalue weighted by Crippen LogP contribution is 2.32. The lowest BCUT2D eigenvalue weighted by Gasteiger charge is -2.12. The normalized spacial score (nSPS) is 11.5. The van der Waals surface area contributed by atoms with Gasteiger partial charge in [0.25, 0.3) is 10.0 Å². The minimum Gasteiger partial charge on any atom is -0.480 e. The maximum absolute atomic E-state index is 15.1. The molecule has 4 heterocycles. The standard InChI is InChI=1S/C20H14F2N4O4S.C18H18F2N4O4S/c1-30-20-15-12(9-23-19(15)24-10-25-20)18(27)16-13(21)7-8-14(17(16)22)26-31(28,29)11-5-3-2-4-6-11;1-3-7-29(26,27)24-12-6-5-11(19)14(15(12)20)16(25)10-8-21-17-13(10)18(28-4-2)23-9-22-17/h2-10,26H,1H3,(H,23,24,25);5-6,8-9,24H,3-4,7H2,1-2H3,(H,21,22,23). The van der Waals surface area contributed by atoms with Crippen LogP contribution in [0.15, 0.2) is 84.5 Å². The number of carbonyl (C=O) groups is 2. The van der Waals surface area contributed by atoms with Crippen molar-refractivity contribution in [2.75, 3.05) is 28.9 Å². The molecular weight excluding hydrogens is 837 g/mol. The first kappa shape index (κ1) is 42.7. The molecule has 0 aliphatic carbocycles. The van der Waals surface area contributed by atoms with Gasteiger partial charge >= 0.3 is 0 Å². The van der Waals surface area contributed by atoms with Gasteiger partial charge in [0, 0.05) is 12.4 Å². The van der Waals surface area contributed by atoms with E-state index >= 15 is 4.39 Å². The van der Waals surface area contributed by atoms with Crippen molar-refractivity contribution in [1.29, 1.82) is 0 Å². The molecule has 22 heteroatoms. The molecule has 0 radical (unpaired) electrons. The minimum atomic E-state index is -4.16. The molecule has 4 aromatic heterocycles. The number of ketones is 2. The number of fused-ring (bicyclic) bond motifs is 2. The molecule has 0 aliphatic heterocycles. The number of anilines is 2. The Morgan fingerprint density at radius 3 is 1.68 bits per heavy atom. The van der Waals surface area contributed by atoms with Crippen molar-refractivity contribution >= 4 is 65.1 Å². The Bertz CT molecular complexity index is 2980. The van der Waals surface area contributed by atoms with Crippen molar-refractivity contribution in [3.05, 3.63) is 125 Å². The van der Waals surface area contributed by atoms with Gasteiger partial charge in [0.1, 0.15) is 35.6 Å². The van der Waals surface area contributed by atoms with E-state index in [1.54, 1.807) is 19.9 Å². The van der Waals surface area contributed by atoms with Gasteiger partial charge in [-0.2, -0.15) is 0 Å². The van der Waals surface area contributed by atoms with Gasteiger partial charge in [0.2, 0.25) is 33.3 Å². The number of aromatic amines is 2. The Balaban J connectivity index is 0.000000202. The molecule has 7 aromatic rings. The second-order valence-electron chi connectivity index (χ2n) is 12.4. The van der Waals surface area contributed by atoms with Crippen LogP contribution < -0.4 is 18.9 Å². The van der Waals surface area contributed by atoms with Crippen LogP contribution in [-0.4, -0.2) is 77.8 Å². The van der Waals surface area contributed by atoms with Gasteiger partial charge in [-0.1, -0.05) is 25.1 Å². The molecular formula is C38H32F4N8O8S2. The summed E-state index contributed by atoms with van der Waals surface area (Å²) in [6.45, 7) is 3.61. The van der Waals surface area contributed by atoms with E-state index in [1.165, 1.54) is 56.4 Å². The third kappa shape index (κ3) is 8.59. The van der Waals surface area contributed by atoms with Gasteiger partial charge in [-0.05, 0) is 49.7 Å². The number of hydrogen-bond donors (Lipinski definition) is 4. The number of nitrogens with one attached hydrogen (secondary N) is 4. The number of aromatic nitrogens is 6. The predicted molar refractivity (Wildman–Crippen MR) is 210 cm³/mol. The number of carbonyl (C=O) groups excluding carboxylic acids is 2. The number of nitrogens with zero attached hydrogens (tertiary/aromatic N) is 4. The van der Waals surface area contributed by atoms with Crippen molar-refractivity contribution in [3.8, 4) is 11.8 Å². The molecule has 0 unspecified atom stereocenters. The highest BCUT2D eigenvalue weighted by molar-refractivity contribution is 7.93. The largest absolute Gasteiger partial charge is 0.480 e. The fourth-order valence-corrected chi connectivity index (χ4v) is 8.08. The summed E-state index contributed by atoms with van der Waals surface area (Å²) in [6, 6.07) is 10.7. The van der Waals surface area contributed by atoms with Gasteiger partial charge in [0.05, 0.1) is 68.8 Å². The minimum absolute atomic E-state index is 0.0383. The molecule has 0 bridgehead atoms. The summed E-state index contributed by atoms with van der Waals surface area (Å²) >= 11 is 0. The highest BCUT2D eigenvalue weighted by Gasteiger charge is 2.29. The Morgan fingerprint density at radius 1 is 0.683 bits per heavy atom. The van der Waals surface area contributed by atoms with Crippen LogP contribution in [0.5, 0.6) is 11.8 Å². The molecule has 60 heavy (non-hydrogen) atoms. The summed E-state index contributed by atoms with van der Waals surface area (Å²) in [4.78, 5) is 47.1. The van der Waals surface area contributed by atoms with E-state index in [1.807, 2.05) is 4.72 Å². The van der Waals surface area contributed by atoms with E-state index in [0.717, 1.165) is 24.3 Å². The lowest BCUT2D eigenvalue weighted by Crippen LogP contribution is -2.18. The Labute approximate surface area is 338 Å². The number of methoxy groups -OCH3 is 1. The number of hydrogen-bond acceptors (Lipinski definition) is 12. The molecule has 3 aromatic carbocycles. The molecule has 4 N–H and O–H groups in total. The molecule has 0 amide bonds. The Morgan fingerprint density at radius 2 is 1.18 bits per heavy atom. The van der Waals surface area contributed by atoms with Crippen molar-refractivity contribution in [2.24, 2.45) is 0 Å². The van der Waals surface area contributed by atoms with Crippen LogP contribution >= 0.6 is 0 Å². The average Bonchev–Trinajstić information content (AvgIpc) is 3.87. The van der Waals surface area contributed by atoms with E-state index in [0.29, 0.717) is 6.42 Å². The maximum atomic E-state index is 15.1. The van der Waals surface area contributed by atoms with Crippen molar-refractivity contribution in [2.45, 2.75) is 25.2 Å². The highest BCUT2D eigenvalue weighted by atomic mass is 32.2. The van der Waals surface area contributed by atoms with Gasteiger partial charge < -0.3 is 19.4 Å². The summed E-state index contributed by atoms with van der Waals surface area (Å²) in [5, 5.41) is 0.319. The van der Waals surface area contributed by atoms with Gasteiger partial charge in [-0.15, -0.1) is 0 Å². The van der Waals surface area contributed by atoms with Gasteiger partial charge in [0.15, 0.2) is 11.6 Å². The summed E-state index contributed by atoms with van der Waals surface area (Å²) in [6.07, 6.45) is 5.20. The van der Waals surface area contributed by atoms with E-state index in [4.69, 9.17) is 9.47 Å². The third-order valence-electron chi connectivity index (χ3n) is 8.51. The molecule has 7 rings (SSSR count). The fraction of sp³-hybridized carbons (Fsp3) is 0.158. The summed E-state index contributed by atoms with van der Waals surface area (Å²) in [5.74, 6) is -7.10. The smallest absolute Gasteiger partial charge is 0.261 e. The predicted octanol–water partition coefficient (Wildman–Crippen LogP) is 6.29. The van der Waals surface area contributed by atoms with E-state index in [2.05, 4.69) is 34.6 Å². The van der Waals surface area contributed by atoms with Crippen LogP contribution in [0.25, 0.3) is 22.1 Å². The van der Waals surface area contributed by atoms with Crippen molar-refractivity contribution in [3.63, 3.8) is 0 Å². The van der Waals surface area contributed by atoms with E-state index < -0.39 is 77.4 Å². The average molecular weight is 869 g/mol. The number of halogens is 4. The molecule has 312 valence electrons. The summed E-state index contributed by atoms with van der Waals surface area (Å²) < 4.78 is 122. The first-order valence-corrected chi connectivity index (χ1v) is 20.7. The van der Waals surface area contributed by atoms with E-state index in [9.17, 15) is 39.6 Å². The second-order valence-corrected chi connectivity index (χ2v) is 15.9. The first-order chi connectivity index (χ1) is 28.6. The van der Waals surface area contributed by atoms with Gasteiger partial charge in [-0.25, -0.2) is 54.3 Å². The number of H-pyrrole nitrogens is 2. The van der Waals surface area contributed by atoms with Crippen LogP contribution in [0.1, 0.15) is 52.1 Å². The molecule has 0 atom stereocenters. The SMILES string of the molecule is CCCS(=O)(=O)Nc1ccc(F)c(C(=O)c2c[nH]c3ncnc(OCC)c23)c1F.COc1ncnc2[nH]cc(C(=O)c3c(F)ccc(NS(=O)(=O)c4ccccc4)c3F)c12. The summed E-state index contributed by atoms with van der Waals surface area (Å²) in [7, 11) is -6.67. The van der Waals surface area contributed by atoms with Crippen molar-refractivity contribution in [1.82, 2.24) is 29.9 Å². The topological polar surface area (TPSA) is 228 Å². The molecule has 0 aliphatic rings. The zero-order valence-electron chi connectivity index (χ0n) is 31.5. The molecule has 0 fully saturated rings. The lowest BCUT2D eigenvalue weighted by atomic mass is 10.0. The van der Waals surface area contributed by atoms with Crippen LogP contribution in [0.2, 0.25) is 0 Å². The van der Waals surface area contributed by atoms with E-state index in [-0.39, 0.29) is 62.2 Å². The molecule has 0 saturated heterocycles. The molecule has 0 spiro atoms. The monoisotopic (exact) mass is 868 g/mol. The number of sulfonamides is 2. The molecule has 0 saturated carbocycles. The second kappa shape index (κ2) is 17.5. The lowest BCUT2D eigenvalue weighted by molar-refractivity contribution is 0.102. The Kier molecular flexibility index (Phi) is 12.4. The molecule has 16 nitrogen and oxygen atoms in total. The van der Waals surface area contributed by atoms with Crippen LogP contribution in [-0.2, 0) is 20.0 Å². The zero-order valence-corrected chi connectivity index (χ0v) is 33.1. The van der Waals surface area contributed by atoms with Gasteiger partial charge in [-0.3, -0.25) is 19.0 Å².